The summed E-state index contributed by atoms with van der Waals surface area (Å²) >= 11 is 1.76. The Morgan fingerprint density at radius 2 is 2.13 bits per heavy atom. The van der Waals surface area contributed by atoms with Crippen LogP contribution in [0.4, 0.5) is 0 Å². The van der Waals surface area contributed by atoms with Crippen molar-refractivity contribution in [3.8, 4) is 0 Å². The summed E-state index contributed by atoms with van der Waals surface area (Å²) in [6, 6.07) is 0.537. The molecular formula is C17H29N3O2S. The quantitative estimate of drug-likeness (QED) is 0.760. The van der Waals surface area contributed by atoms with Gasteiger partial charge in [-0.15, -0.1) is 11.3 Å². The molecule has 3 heterocycles. The molecule has 1 spiro atoms. The van der Waals surface area contributed by atoms with Crippen molar-refractivity contribution < 1.29 is 9.47 Å². The largest absolute Gasteiger partial charge is 0.383 e. The van der Waals surface area contributed by atoms with Crippen molar-refractivity contribution in [1.82, 2.24) is 14.8 Å². The second-order valence-corrected chi connectivity index (χ2v) is 7.96. The average Bonchev–Trinajstić information content (AvgIpc) is 3.17. The number of thiazole rings is 1. The van der Waals surface area contributed by atoms with E-state index in [1.165, 1.54) is 43.9 Å². The Balaban J connectivity index is 1.59. The summed E-state index contributed by atoms with van der Waals surface area (Å²) in [6.07, 6.45) is 5.77. The van der Waals surface area contributed by atoms with Crippen molar-refractivity contribution in [3.05, 3.63) is 16.6 Å². The van der Waals surface area contributed by atoms with Crippen LogP contribution in [0.3, 0.4) is 0 Å². The van der Waals surface area contributed by atoms with Gasteiger partial charge in [0.1, 0.15) is 5.01 Å². The molecule has 130 valence electrons. The Morgan fingerprint density at radius 3 is 2.78 bits per heavy atom. The Bertz CT molecular complexity index is 460. The maximum atomic E-state index is 5.50. The fraction of sp³-hybridized carbons (Fsp3) is 0.824. The molecule has 5 nitrogen and oxygen atoms in total. The predicted molar refractivity (Wildman–Crippen MR) is 92.8 cm³/mol. The van der Waals surface area contributed by atoms with Crippen molar-refractivity contribution in [2.75, 3.05) is 53.6 Å². The molecule has 1 aromatic heterocycles. The molecule has 2 saturated heterocycles. The highest BCUT2D eigenvalue weighted by Gasteiger charge is 2.45. The highest BCUT2D eigenvalue weighted by Crippen LogP contribution is 2.44. The topological polar surface area (TPSA) is 37.8 Å². The molecule has 1 atom stereocenters. The summed E-state index contributed by atoms with van der Waals surface area (Å²) in [5.74, 6) is 0. The Morgan fingerprint density at radius 1 is 1.30 bits per heavy atom. The van der Waals surface area contributed by atoms with Crippen LogP contribution in [-0.4, -0.2) is 74.4 Å². The standard InChI is InChI=1S/C17H29N3O2S/c1-21-9-8-19-6-3-17(4-7-19)11-15(13-22-2)20(14-17)12-16-18-5-10-23-16/h5,10,15H,3-4,6-9,11-14H2,1-2H3/t15-/m1/s1. The lowest BCUT2D eigenvalue weighted by atomic mass is 9.76. The van der Waals surface area contributed by atoms with E-state index in [4.69, 9.17) is 9.47 Å². The Hall–Kier alpha value is -0.530. The first-order valence-corrected chi connectivity index (χ1v) is 9.45. The van der Waals surface area contributed by atoms with Crippen molar-refractivity contribution in [3.63, 3.8) is 0 Å². The zero-order valence-electron chi connectivity index (χ0n) is 14.4. The molecule has 3 rings (SSSR count). The van der Waals surface area contributed by atoms with Crippen LogP contribution in [0.25, 0.3) is 0 Å². The first-order valence-electron chi connectivity index (χ1n) is 8.57. The van der Waals surface area contributed by atoms with Crippen molar-refractivity contribution in [2.24, 2.45) is 5.41 Å². The molecular weight excluding hydrogens is 310 g/mol. The highest BCUT2D eigenvalue weighted by molar-refractivity contribution is 7.09. The Kier molecular flexibility index (Phi) is 6.04. The number of nitrogens with zero attached hydrogens (tertiary/aromatic N) is 3. The van der Waals surface area contributed by atoms with Gasteiger partial charge in [-0.1, -0.05) is 0 Å². The molecule has 0 amide bonds. The number of piperidine rings is 1. The van der Waals surface area contributed by atoms with E-state index in [0.29, 0.717) is 11.5 Å². The zero-order valence-corrected chi connectivity index (χ0v) is 15.2. The summed E-state index contributed by atoms with van der Waals surface area (Å²) < 4.78 is 10.7. The summed E-state index contributed by atoms with van der Waals surface area (Å²) in [4.78, 5) is 9.62. The van der Waals surface area contributed by atoms with Gasteiger partial charge in [0.05, 0.1) is 19.8 Å². The maximum absolute atomic E-state index is 5.50. The third-order valence-electron chi connectivity index (χ3n) is 5.43. The van der Waals surface area contributed by atoms with Gasteiger partial charge in [-0.3, -0.25) is 4.90 Å². The van der Waals surface area contributed by atoms with E-state index in [-0.39, 0.29) is 0 Å². The minimum atomic E-state index is 0.476. The molecule has 0 saturated carbocycles. The lowest BCUT2D eigenvalue weighted by Crippen LogP contribution is -2.42. The number of rotatable bonds is 7. The second kappa shape index (κ2) is 8.03. The lowest BCUT2D eigenvalue weighted by Gasteiger charge is -2.39. The fourth-order valence-corrected chi connectivity index (χ4v) is 4.77. The van der Waals surface area contributed by atoms with E-state index in [1.807, 2.05) is 13.3 Å². The monoisotopic (exact) mass is 339 g/mol. The van der Waals surface area contributed by atoms with Gasteiger partial charge in [-0.25, -0.2) is 4.98 Å². The van der Waals surface area contributed by atoms with E-state index < -0.39 is 0 Å². The zero-order chi connectivity index (χ0) is 16.1. The van der Waals surface area contributed by atoms with Gasteiger partial charge in [0.25, 0.3) is 0 Å². The second-order valence-electron chi connectivity index (χ2n) is 6.98. The SMILES string of the molecule is COCCN1CCC2(CC1)C[C@H](COC)N(Cc1nccs1)C2. The van der Waals surface area contributed by atoms with Crippen molar-refractivity contribution in [1.29, 1.82) is 0 Å². The summed E-state index contributed by atoms with van der Waals surface area (Å²) in [5.41, 5.74) is 0.476. The molecule has 0 radical (unpaired) electrons. The number of likely N-dealkylation sites (tertiary alicyclic amines) is 2. The molecule has 0 bridgehead atoms. The maximum Gasteiger partial charge on any atom is 0.107 e. The molecule has 0 aliphatic carbocycles. The van der Waals surface area contributed by atoms with E-state index in [2.05, 4.69) is 20.2 Å². The third kappa shape index (κ3) is 4.31. The van der Waals surface area contributed by atoms with Gasteiger partial charge >= 0.3 is 0 Å². The number of methoxy groups -OCH3 is 2. The lowest BCUT2D eigenvalue weighted by molar-refractivity contribution is 0.0806. The highest BCUT2D eigenvalue weighted by atomic mass is 32.1. The molecule has 2 fully saturated rings. The minimum Gasteiger partial charge on any atom is -0.383 e. The Labute approximate surface area is 143 Å². The molecule has 0 aromatic carbocycles. The molecule has 2 aliphatic heterocycles. The number of ether oxygens (including phenoxy) is 2. The number of hydrogen-bond donors (Lipinski definition) is 0. The van der Waals surface area contributed by atoms with Crippen LogP contribution >= 0.6 is 11.3 Å². The van der Waals surface area contributed by atoms with E-state index >= 15 is 0 Å². The van der Waals surface area contributed by atoms with Gasteiger partial charge in [0.15, 0.2) is 0 Å². The smallest absolute Gasteiger partial charge is 0.107 e. The normalized spacial score (nSPS) is 25.4. The summed E-state index contributed by atoms with van der Waals surface area (Å²) in [7, 11) is 3.61. The van der Waals surface area contributed by atoms with Crippen LogP contribution in [-0.2, 0) is 16.0 Å². The molecule has 23 heavy (non-hydrogen) atoms. The van der Waals surface area contributed by atoms with Gasteiger partial charge in [-0.05, 0) is 37.8 Å². The average molecular weight is 340 g/mol. The molecule has 6 heteroatoms. The van der Waals surface area contributed by atoms with Crippen LogP contribution in [0.1, 0.15) is 24.3 Å². The van der Waals surface area contributed by atoms with Crippen LogP contribution in [0.15, 0.2) is 11.6 Å². The van der Waals surface area contributed by atoms with Crippen LogP contribution < -0.4 is 0 Å². The van der Waals surface area contributed by atoms with Crippen LogP contribution in [0.2, 0.25) is 0 Å². The van der Waals surface area contributed by atoms with Gasteiger partial charge in [0.2, 0.25) is 0 Å². The molecule has 2 aliphatic rings. The first kappa shape index (κ1) is 17.3. The molecule has 0 N–H and O–H groups in total. The van der Waals surface area contributed by atoms with Gasteiger partial charge < -0.3 is 14.4 Å². The van der Waals surface area contributed by atoms with Crippen molar-refractivity contribution in [2.45, 2.75) is 31.8 Å². The van der Waals surface area contributed by atoms with E-state index in [0.717, 1.165) is 26.3 Å². The van der Waals surface area contributed by atoms with Crippen LogP contribution in [0.5, 0.6) is 0 Å². The molecule has 1 aromatic rings. The van der Waals surface area contributed by atoms with Gasteiger partial charge in [-0.2, -0.15) is 0 Å². The van der Waals surface area contributed by atoms with E-state index in [1.54, 1.807) is 18.4 Å². The van der Waals surface area contributed by atoms with Gasteiger partial charge in [0, 0.05) is 44.9 Å². The van der Waals surface area contributed by atoms with Crippen molar-refractivity contribution >= 4 is 11.3 Å². The molecule has 0 unspecified atom stereocenters. The first-order chi connectivity index (χ1) is 11.2. The number of hydrogen-bond acceptors (Lipinski definition) is 6. The predicted octanol–water partition coefficient (Wildman–Crippen LogP) is 2.09. The summed E-state index contributed by atoms with van der Waals surface area (Å²) in [5, 5.41) is 3.29. The van der Waals surface area contributed by atoms with Crippen LogP contribution in [0, 0.1) is 5.41 Å². The number of aromatic nitrogens is 1. The summed E-state index contributed by atoms with van der Waals surface area (Å²) in [6.45, 7) is 7.31. The fourth-order valence-electron chi connectivity index (χ4n) is 4.13. The van der Waals surface area contributed by atoms with E-state index in [9.17, 15) is 0 Å². The minimum absolute atomic E-state index is 0.476. The third-order valence-corrected chi connectivity index (χ3v) is 6.20.